The predicted molar refractivity (Wildman–Crippen MR) is 103 cm³/mol. The van der Waals surface area contributed by atoms with Gasteiger partial charge in [-0.05, 0) is 37.5 Å². The summed E-state index contributed by atoms with van der Waals surface area (Å²) in [5.41, 5.74) is 1.01. The molecule has 1 heterocycles. The minimum atomic E-state index is -0.187. The van der Waals surface area contributed by atoms with Crippen molar-refractivity contribution in [2.45, 2.75) is 51.4 Å². The van der Waals surface area contributed by atoms with Crippen molar-refractivity contribution in [1.82, 2.24) is 20.8 Å². The summed E-state index contributed by atoms with van der Waals surface area (Å²) in [6.45, 7) is 8.17. The zero-order chi connectivity index (χ0) is 19.3. The lowest BCUT2D eigenvalue weighted by Gasteiger charge is -2.16. The molecule has 2 aromatic rings. The van der Waals surface area contributed by atoms with Crippen molar-refractivity contribution < 1.29 is 8.91 Å². The van der Waals surface area contributed by atoms with E-state index in [1.807, 2.05) is 26.8 Å². The SMILES string of the molecule is CCNC(=NCC1(c2cccc(F)c2)CC1)NCCc1nc(C(C)C)no1. The van der Waals surface area contributed by atoms with Gasteiger partial charge >= 0.3 is 0 Å². The van der Waals surface area contributed by atoms with E-state index in [9.17, 15) is 4.39 Å². The third kappa shape index (κ3) is 5.05. The second kappa shape index (κ2) is 8.50. The minimum absolute atomic E-state index is 0.0247. The minimum Gasteiger partial charge on any atom is -0.357 e. The molecule has 1 fully saturated rings. The van der Waals surface area contributed by atoms with Gasteiger partial charge in [0.2, 0.25) is 5.89 Å². The van der Waals surface area contributed by atoms with Crippen molar-refractivity contribution >= 4 is 5.96 Å². The van der Waals surface area contributed by atoms with Crippen LogP contribution in [0, 0.1) is 5.82 Å². The van der Waals surface area contributed by atoms with Gasteiger partial charge in [-0.25, -0.2) is 4.39 Å². The Bertz CT molecular complexity index is 782. The number of nitrogens with zero attached hydrogens (tertiary/aromatic N) is 3. The molecule has 1 aliphatic rings. The Kier molecular flexibility index (Phi) is 6.08. The van der Waals surface area contributed by atoms with Crippen LogP contribution in [0.25, 0.3) is 0 Å². The summed E-state index contributed by atoms with van der Waals surface area (Å²) in [7, 11) is 0. The lowest BCUT2D eigenvalue weighted by molar-refractivity contribution is 0.371. The van der Waals surface area contributed by atoms with Gasteiger partial charge in [0.25, 0.3) is 0 Å². The van der Waals surface area contributed by atoms with Crippen molar-refractivity contribution in [2.75, 3.05) is 19.6 Å². The topological polar surface area (TPSA) is 75.3 Å². The molecule has 2 N–H and O–H groups in total. The summed E-state index contributed by atoms with van der Waals surface area (Å²) in [6.07, 6.45) is 2.72. The van der Waals surface area contributed by atoms with Gasteiger partial charge < -0.3 is 15.2 Å². The lowest BCUT2D eigenvalue weighted by Crippen LogP contribution is -2.39. The Labute approximate surface area is 159 Å². The van der Waals surface area contributed by atoms with Crippen molar-refractivity contribution in [3.63, 3.8) is 0 Å². The van der Waals surface area contributed by atoms with E-state index in [1.54, 1.807) is 12.1 Å². The van der Waals surface area contributed by atoms with Crippen LogP contribution in [0.4, 0.5) is 4.39 Å². The highest BCUT2D eigenvalue weighted by atomic mass is 19.1. The maximum atomic E-state index is 13.5. The summed E-state index contributed by atoms with van der Waals surface area (Å²) in [4.78, 5) is 9.11. The molecule has 0 spiro atoms. The van der Waals surface area contributed by atoms with Gasteiger partial charge in [0.05, 0.1) is 6.54 Å². The first-order valence-electron chi connectivity index (χ1n) is 9.63. The number of benzene rings is 1. The molecule has 1 aliphatic carbocycles. The largest absolute Gasteiger partial charge is 0.357 e. The molecule has 7 heteroatoms. The first-order valence-corrected chi connectivity index (χ1v) is 9.63. The summed E-state index contributed by atoms with van der Waals surface area (Å²) in [5, 5.41) is 10.5. The molecule has 0 saturated heterocycles. The van der Waals surface area contributed by atoms with Crippen molar-refractivity contribution in [2.24, 2.45) is 4.99 Å². The number of aliphatic imine (C=N–C) groups is 1. The fourth-order valence-electron chi connectivity index (χ4n) is 2.97. The highest BCUT2D eigenvalue weighted by molar-refractivity contribution is 5.79. The van der Waals surface area contributed by atoms with E-state index in [0.717, 1.165) is 36.7 Å². The van der Waals surface area contributed by atoms with E-state index in [0.29, 0.717) is 25.4 Å². The van der Waals surface area contributed by atoms with Crippen LogP contribution in [-0.2, 0) is 11.8 Å². The first kappa shape index (κ1) is 19.3. The van der Waals surface area contributed by atoms with Gasteiger partial charge in [-0.2, -0.15) is 4.98 Å². The molecule has 0 atom stereocenters. The lowest BCUT2D eigenvalue weighted by atomic mass is 9.96. The van der Waals surface area contributed by atoms with Crippen LogP contribution >= 0.6 is 0 Å². The number of nitrogens with one attached hydrogen (secondary N) is 2. The molecule has 1 aromatic carbocycles. The molecule has 0 aliphatic heterocycles. The number of rotatable bonds is 8. The van der Waals surface area contributed by atoms with E-state index in [2.05, 4.69) is 20.8 Å². The molecule has 1 aromatic heterocycles. The fraction of sp³-hybridized carbons (Fsp3) is 0.550. The molecule has 0 unspecified atom stereocenters. The number of hydrogen-bond acceptors (Lipinski definition) is 4. The van der Waals surface area contributed by atoms with Gasteiger partial charge in [0, 0.05) is 30.8 Å². The van der Waals surface area contributed by atoms with Crippen LogP contribution in [0.5, 0.6) is 0 Å². The number of hydrogen-bond donors (Lipinski definition) is 2. The molecule has 3 rings (SSSR count). The van der Waals surface area contributed by atoms with Gasteiger partial charge in [-0.1, -0.05) is 31.1 Å². The maximum Gasteiger partial charge on any atom is 0.228 e. The molecular formula is C20H28FN5O. The van der Waals surface area contributed by atoms with Crippen LogP contribution in [-0.4, -0.2) is 35.7 Å². The quantitative estimate of drug-likeness (QED) is 0.549. The standard InChI is InChI=1S/C20H28FN5O/c1-4-22-19(23-11-8-17-25-18(14(2)3)26-27-17)24-13-20(9-10-20)15-6-5-7-16(21)12-15/h5-7,12,14H,4,8-11,13H2,1-3H3,(H2,22,23,24). The van der Waals surface area contributed by atoms with Gasteiger partial charge in [0.1, 0.15) is 5.82 Å². The summed E-state index contributed by atoms with van der Waals surface area (Å²) >= 11 is 0. The van der Waals surface area contributed by atoms with Crippen LogP contribution in [0.1, 0.15) is 56.8 Å². The van der Waals surface area contributed by atoms with Gasteiger partial charge in [-0.15, -0.1) is 0 Å². The molecular weight excluding hydrogens is 345 g/mol. The van der Waals surface area contributed by atoms with E-state index in [1.165, 1.54) is 6.07 Å². The third-order valence-corrected chi connectivity index (χ3v) is 4.81. The van der Waals surface area contributed by atoms with E-state index < -0.39 is 0 Å². The van der Waals surface area contributed by atoms with Crippen LogP contribution < -0.4 is 10.6 Å². The molecule has 0 bridgehead atoms. The van der Waals surface area contributed by atoms with Crippen LogP contribution in [0.3, 0.4) is 0 Å². The zero-order valence-electron chi connectivity index (χ0n) is 16.3. The van der Waals surface area contributed by atoms with Crippen LogP contribution in [0.2, 0.25) is 0 Å². The fourth-order valence-corrected chi connectivity index (χ4v) is 2.97. The molecule has 146 valence electrons. The molecule has 0 amide bonds. The Hall–Kier alpha value is -2.44. The van der Waals surface area contributed by atoms with Crippen molar-refractivity contribution in [3.8, 4) is 0 Å². The predicted octanol–water partition coefficient (Wildman–Crippen LogP) is 3.16. The first-order chi connectivity index (χ1) is 13.0. The number of guanidine groups is 1. The molecule has 1 saturated carbocycles. The third-order valence-electron chi connectivity index (χ3n) is 4.81. The van der Waals surface area contributed by atoms with Gasteiger partial charge in [-0.3, -0.25) is 4.99 Å². The van der Waals surface area contributed by atoms with Crippen LogP contribution in [0.15, 0.2) is 33.8 Å². The van der Waals surface area contributed by atoms with E-state index in [4.69, 9.17) is 9.52 Å². The average molecular weight is 373 g/mol. The maximum absolute atomic E-state index is 13.5. The Morgan fingerprint density at radius 2 is 2.15 bits per heavy atom. The molecule has 6 nitrogen and oxygen atoms in total. The molecule has 0 radical (unpaired) electrons. The molecule has 27 heavy (non-hydrogen) atoms. The summed E-state index contributed by atoms with van der Waals surface area (Å²) in [6, 6.07) is 6.88. The zero-order valence-corrected chi connectivity index (χ0v) is 16.3. The smallest absolute Gasteiger partial charge is 0.228 e. The van der Waals surface area contributed by atoms with Gasteiger partial charge in [0.15, 0.2) is 11.8 Å². The average Bonchev–Trinajstić information content (AvgIpc) is 3.29. The highest BCUT2D eigenvalue weighted by Crippen LogP contribution is 2.48. The second-order valence-corrected chi connectivity index (χ2v) is 7.36. The normalized spacial score (nSPS) is 15.8. The number of halogens is 1. The monoisotopic (exact) mass is 373 g/mol. The highest BCUT2D eigenvalue weighted by Gasteiger charge is 2.44. The summed E-state index contributed by atoms with van der Waals surface area (Å²) in [5.74, 6) is 2.18. The van der Waals surface area contributed by atoms with Crippen molar-refractivity contribution in [1.29, 1.82) is 0 Å². The second-order valence-electron chi connectivity index (χ2n) is 7.36. The Morgan fingerprint density at radius 1 is 1.33 bits per heavy atom. The van der Waals surface area contributed by atoms with E-state index in [-0.39, 0.29) is 17.2 Å². The summed E-state index contributed by atoms with van der Waals surface area (Å²) < 4.78 is 18.8. The van der Waals surface area contributed by atoms with Crippen molar-refractivity contribution in [3.05, 3.63) is 47.4 Å². The number of aromatic nitrogens is 2. The Morgan fingerprint density at radius 3 is 2.78 bits per heavy atom. The Balaban J connectivity index is 1.56. The van der Waals surface area contributed by atoms with E-state index >= 15 is 0 Å².